The molecular formula is C25H25N3O4. The fourth-order valence-electron chi connectivity index (χ4n) is 3.66. The second kappa shape index (κ2) is 9.96. The van der Waals surface area contributed by atoms with E-state index in [9.17, 15) is 9.59 Å². The van der Waals surface area contributed by atoms with Gasteiger partial charge >= 0.3 is 0 Å². The molecule has 2 aromatic carbocycles. The van der Waals surface area contributed by atoms with E-state index in [4.69, 9.17) is 9.47 Å². The topological polar surface area (TPSA) is 80.8 Å². The largest absolute Gasteiger partial charge is 0.454 e. The summed E-state index contributed by atoms with van der Waals surface area (Å²) in [6.07, 6.45) is 2.86. The van der Waals surface area contributed by atoms with Crippen molar-refractivity contribution in [2.45, 2.75) is 18.9 Å². The maximum atomic E-state index is 13.2. The number of carbonyl (C=O) groups excluding carboxylic acids is 2. The zero-order valence-electron chi connectivity index (χ0n) is 17.9. The maximum Gasteiger partial charge on any atom is 0.269 e. The van der Waals surface area contributed by atoms with Crippen LogP contribution in [-0.2, 0) is 6.42 Å². The normalized spacial score (nSPS) is 12.8. The molecule has 1 aliphatic rings. The SMILES string of the molecule is CN(C(=O)c1ccc2c(c1)OCO2)C(CCNC(=O)c1ccccn1)Cc1ccccc1. The Morgan fingerprint density at radius 1 is 1.03 bits per heavy atom. The Bertz CT molecular complexity index is 1070. The molecule has 0 bridgehead atoms. The number of nitrogens with zero attached hydrogens (tertiary/aromatic N) is 2. The van der Waals surface area contributed by atoms with Crippen molar-refractivity contribution in [2.24, 2.45) is 0 Å². The van der Waals surface area contributed by atoms with Gasteiger partial charge in [-0.25, -0.2) is 0 Å². The molecule has 0 fully saturated rings. The number of fused-ring (bicyclic) bond motifs is 1. The third kappa shape index (κ3) is 5.06. The average molecular weight is 431 g/mol. The van der Waals surface area contributed by atoms with Crippen molar-refractivity contribution in [1.29, 1.82) is 0 Å². The van der Waals surface area contributed by atoms with Crippen LogP contribution < -0.4 is 14.8 Å². The highest BCUT2D eigenvalue weighted by Gasteiger charge is 2.24. The number of ether oxygens (including phenoxy) is 2. The van der Waals surface area contributed by atoms with Crippen LogP contribution in [0.15, 0.2) is 72.9 Å². The number of nitrogens with one attached hydrogen (secondary N) is 1. The minimum absolute atomic E-state index is 0.111. The van der Waals surface area contributed by atoms with Gasteiger partial charge in [-0.3, -0.25) is 14.6 Å². The molecule has 4 rings (SSSR count). The van der Waals surface area contributed by atoms with Gasteiger partial charge < -0.3 is 19.7 Å². The number of aromatic nitrogens is 1. The number of amides is 2. The van der Waals surface area contributed by atoms with Crippen LogP contribution in [0.1, 0.15) is 32.8 Å². The van der Waals surface area contributed by atoms with Gasteiger partial charge in [0.25, 0.3) is 11.8 Å². The van der Waals surface area contributed by atoms with Gasteiger partial charge in [-0.05, 0) is 48.7 Å². The van der Waals surface area contributed by atoms with Gasteiger partial charge in [0.1, 0.15) is 5.69 Å². The monoisotopic (exact) mass is 431 g/mol. The van der Waals surface area contributed by atoms with Crippen LogP contribution in [0.3, 0.4) is 0 Å². The Balaban J connectivity index is 1.45. The number of benzene rings is 2. The molecule has 7 nitrogen and oxygen atoms in total. The minimum Gasteiger partial charge on any atom is -0.454 e. The van der Waals surface area contributed by atoms with Crippen LogP contribution in [0.2, 0.25) is 0 Å². The van der Waals surface area contributed by atoms with E-state index in [1.54, 1.807) is 54.5 Å². The maximum absolute atomic E-state index is 13.2. The lowest BCUT2D eigenvalue weighted by Gasteiger charge is -2.29. The highest BCUT2D eigenvalue weighted by Crippen LogP contribution is 2.33. The van der Waals surface area contributed by atoms with Crippen LogP contribution in [0.5, 0.6) is 11.5 Å². The summed E-state index contributed by atoms with van der Waals surface area (Å²) in [7, 11) is 1.79. The molecule has 0 spiro atoms. The Labute approximate surface area is 187 Å². The van der Waals surface area contributed by atoms with Crippen molar-refractivity contribution < 1.29 is 19.1 Å². The van der Waals surface area contributed by atoms with E-state index in [0.29, 0.717) is 42.1 Å². The molecule has 0 radical (unpaired) electrons. The molecular weight excluding hydrogens is 406 g/mol. The molecule has 2 heterocycles. The van der Waals surface area contributed by atoms with E-state index in [2.05, 4.69) is 10.3 Å². The lowest BCUT2D eigenvalue weighted by Crippen LogP contribution is -2.41. The molecule has 0 aliphatic carbocycles. The first kappa shape index (κ1) is 21.4. The molecule has 1 N–H and O–H groups in total. The van der Waals surface area contributed by atoms with Crippen LogP contribution in [0, 0.1) is 0 Å². The zero-order valence-corrected chi connectivity index (χ0v) is 17.9. The first-order valence-corrected chi connectivity index (χ1v) is 10.5. The summed E-state index contributed by atoms with van der Waals surface area (Å²) < 4.78 is 10.8. The Kier molecular flexibility index (Phi) is 6.65. The zero-order chi connectivity index (χ0) is 22.3. The third-order valence-corrected chi connectivity index (χ3v) is 5.46. The first-order chi connectivity index (χ1) is 15.6. The number of likely N-dealkylation sites (N-methyl/N-ethyl adjacent to an activating group) is 1. The first-order valence-electron chi connectivity index (χ1n) is 10.5. The van der Waals surface area contributed by atoms with E-state index >= 15 is 0 Å². The Morgan fingerprint density at radius 2 is 1.81 bits per heavy atom. The highest BCUT2D eigenvalue weighted by atomic mass is 16.7. The molecule has 2 amide bonds. The summed E-state index contributed by atoms with van der Waals surface area (Å²) >= 11 is 0. The van der Waals surface area contributed by atoms with Gasteiger partial charge in [-0.1, -0.05) is 36.4 Å². The number of carbonyl (C=O) groups is 2. The number of hydrogen-bond acceptors (Lipinski definition) is 5. The summed E-state index contributed by atoms with van der Waals surface area (Å²) in [5, 5.41) is 2.91. The van der Waals surface area contributed by atoms with E-state index in [1.807, 2.05) is 30.3 Å². The van der Waals surface area contributed by atoms with Crippen LogP contribution in [0.4, 0.5) is 0 Å². The second-order valence-electron chi connectivity index (χ2n) is 7.59. The summed E-state index contributed by atoms with van der Waals surface area (Å²) in [6.45, 7) is 0.584. The van der Waals surface area contributed by atoms with Crippen LogP contribution >= 0.6 is 0 Å². The van der Waals surface area contributed by atoms with E-state index in [-0.39, 0.29) is 24.6 Å². The van der Waals surface area contributed by atoms with Gasteiger partial charge in [-0.2, -0.15) is 0 Å². The third-order valence-electron chi connectivity index (χ3n) is 5.46. The molecule has 32 heavy (non-hydrogen) atoms. The lowest BCUT2D eigenvalue weighted by molar-refractivity contribution is 0.0722. The molecule has 0 saturated heterocycles. The van der Waals surface area contributed by atoms with E-state index in [1.165, 1.54) is 0 Å². The van der Waals surface area contributed by atoms with Crippen molar-refractivity contribution in [2.75, 3.05) is 20.4 Å². The van der Waals surface area contributed by atoms with Gasteiger partial charge in [0, 0.05) is 31.4 Å². The number of rotatable bonds is 8. The van der Waals surface area contributed by atoms with Gasteiger partial charge in [0.2, 0.25) is 6.79 Å². The Hall–Kier alpha value is -3.87. The minimum atomic E-state index is -0.228. The average Bonchev–Trinajstić information content (AvgIpc) is 3.31. The second-order valence-corrected chi connectivity index (χ2v) is 7.59. The number of hydrogen-bond donors (Lipinski definition) is 1. The van der Waals surface area contributed by atoms with Gasteiger partial charge in [0.05, 0.1) is 0 Å². The molecule has 1 aliphatic heterocycles. The molecule has 1 atom stereocenters. The van der Waals surface area contributed by atoms with E-state index < -0.39 is 0 Å². The molecule has 1 unspecified atom stereocenters. The van der Waals surface area contributed by atoms with E-state index in [0.717, 1.165) is 5.56 Å². The van der Waals surface area contributed by atoms with Crippen molar-refractivity contribution in [3.05, 3.63) is 89.7 Å². The molecule has 0 saturated carbocycles. The van der Waals surface area contributed by atoms with Crippen molar-refractivity contribution >= 4 is 11.8 Å². The lowest BCUT2D eigenvalue weighted by atomic mass is 10.0. The number of pyridine rings is 1. The smallest absolute Gasteiger partial charge is 0.269 e. The van der Waals surface area contributed by atoms with Crippen molar-refractivity contribution in [3.63, 3.8) is 0 Å². The van der Waals surface area contributed by atoms with Crippen molar-refractivity contribution in [1.82, 2.24) is 15.2 Å². The fourth-order valence-corrected chi connectivity index (χ4v) is 3.66. The Morgan fingerprint density at radius 3 is 2.59 bits per heavy atom. The fraction of sp³-hybridized carbons (Fsp3) is 0.240. The molecule has 7 heteroatoms. The summed E-state index contributed by atoms with van der Waals surface area (Å²) in [5.74, 6) is 0.878. The molecule has 164 valence electrons. The molecule has 1 aromatic heterocycles. The predicted molar refractivity (Wildman–Crippen MR) is 120 cm³/mol. The van der Waals surface area contributed by atoms with Gasteiger partial charge in [0.15, 0.2) is 11.5 Å². The summed E-state index contributed by atoms with van der Waals surface area (Å²) in [6, 6.07) is 20.3. The molecule has 3 aromatic rings. The summed E-state index contributed by atoms with van der Waals surface area (Å²) in [4.78, 5) is 31.4. The quantitative estimate of drug-likeness (QED) is 0.592. The van der Waals surface area contributed by atoms with Crippen molar-refractivity contribution in [3.8, 4) is 11.5 Å². The standard InChI is InChI=1S/C25H25N3O4/c1-28(25(30)19-10-11-22-23(16-19)32-17-31-22)20(15-18-7-3-2-4-8-18)12-14-27-24(29)21-9-5-6-13-26-21/h2-11,13,16,20H,12,14-15,17H2,1H3,(H,27,29). The predicted octanol–water partition coefficient (Wildman–Crippen LogP) is 3.31. The highest BCUT2D eigenvalue weighted by molar-refractivity contribution is 5.95. The van der Waals surface area contributed by atoms with Crippen LogP contribution in [-0.4, -0.2) is 48.1 Å². The summed E-state index contributed by atoms with van der Waals surface area (Å²) in [5.41, 5.74) is 2.03. The van der Waals surface area contributed by atoms with Crippen LogP contribution in [0.25, 0.3) is 0 Å². The van der Waals surface area contributed by atoms with Gasteiger partial charge in [-0.15, -0.1) is 0 Å².